The Kier molecular flexibility index (Phi) is 5.68. The number of aliphatic hydroxyl groups is 1. The standard InChI is InChI=1S/C11H16O2S/c1-2-13-8-10(12)9-14-11-6-4-3-5-7-11/h3-7,10,12H,2,8-9H2,1H3/t10-/m1/s1. The summed E-state index contributed by atoms with van der Waals surface area (Å²) in [6.07, 6.45) is -0.375. The monoisotopic (exact) mass is 212 g/mol. The van der Waals surface area contributed by atoms with Gasteiger partial charge in [0.25, 0.3) is 0 Å². The highest BCUT2D eigenvalue weighted by molar-refractivity contribution is 7.99. The van der Waals surface area contributed by atoms with Crippen molar-refractivity contribution in [3.05, 3.63) is 30.3 Å². The molecule has 0 aromatic heterocycles. The summed E-state index contributed by atoms with van der Waals surface area (Å²) in [7, 11) is 0. The van der Waals surface area contributed by atoms with E-state index in [0.717, 1.165) is 0 Å². The van der Waals surface area contributed by atoms with Crippen LogP contribution in [-0.2, 0) is 4.74 Å². The van der Waals surface area contributed by atoms with E-state index < -0.39 is 0 Å². The topological polar surface area (TPSA) is 29.5 Å². The number of thioether (sulfide) groups is 1. The molecule has 0 saturated heterocycles. The van der Waals surface area contributed by atoms with Gasteiger partial charge in [-0.1, -0.05) is 18.2 Å². The van der Waals surface area contributed by atoms with Crippen LogP contribution in [0.4, 0.5) is 0 Å². The van der Waals surface area contributed by atoms with Gasteiger partial charge in [-0.25, -0.2) is 0 Å². The van der Waals surface area contributed by atoms with E-state index in [9.17, 15) is 5.11 Å². The number of rotatable bonds is 6. The smallest absolute Gasteiger partial charge is 0.0867 e. The molecule has 1 rings (SSSR count). The summed E-state index contributed by atoms with van der Waals surface area (Å²) in [6, 6.07) is 10.1. The van der Waals surface area contributed by atoms with E-state index >= 15 is 0 Å². The summed E-state index contributed by atoms with van der Waals surface area (Å²) in [6.45, 7) is 3.01. The van der Waals surface area contributed by atoms with Gasteiger partial charge in [-0.2, -0.15) is 0 Å². The second-order valence-corrected chi connectivity index (χ2v) is 4.03. The highest BCUT2D eigenvalue weighted by atomic mass is 32.2. The molecule has 78 valence electrons. The van der Waals surface area contributed by atoms with Gasteiger partial charge in [-0.3, -0.25) is 0 Å². The minimum absolute atomic E-state index is 0.375. The molecular weight excluding hydrogens is 196 g/mol. The van der Waals surface area contributed by atoms with Crippen LogP contribution in [0, 0.1) is 0 Å². The van der Waals surface area contributed by atoms with Gasteiger partial charge in [-0.05, 0) is 19.1 Å². The Labute approximate surface area is 89.3 Å². The van der Waals surface area contributed by atoms with Crippen molar-refractivity contribution in [3.63, 3.8) is 0 Å². The van der Waals surface area contributed by atoms with Crippen LogP contribution in [0.1, 0.15) is 6.92 Å². The third-order valence-electron chi connectivity index (χ3n) is 1.70. The molecule has 0 amide bonds. The molecule has 0 radical (unpaired) electrons. The first kappa shape index (κ1) is 11.6. The van der Waals surface area contributed by atoms with Crippen LogP contribution < -0.4 is 0 Å². The highest BCUT2D eigenvalue weighted by Crippen LogP contribution is 2.17. The Bertz CT molecular complexity index is 238. The largest absolute Gasteiger partial charge is 0.390 e. The summed E-state index contributed by atoms with van der Waals surface area (Å²) < 4.78 is 5.12. The third kappa shape index (κ3) is 4.65. The Balaban J connectivity index is 2.20. The average molecular weight is 212 g/mol. The molecule has 0 fully saturated rings. The van der Waals surface area contributed by atoms with Crippen LogP contribution in [0.5, 0.6) is 0 Å². The molecule has 0 heterocycles. The van der Waals surface area contributed by atoms with Gasteiger partial charge >= 0.3 is 0 Å². The fourth-order valence-corrected chi connectivity index (χ4v) is 1.84. The van der Waals surface area contributed by atoms with Crippen molar-refractivity contribution in [1.82, 2.24) is 0 Å². The average Bonchev–Trinajstić information content (AvgIpc) is 2.25. The molecule has 14 heavy (non-hydrogen) atoms. The number of ether oxygens (including phenoxy) is 1. The van der Waals surface area contributed by atoms with E-state index in [4.69, 9.17) is 4.74 Å². The fraction of sp³-hybridized carbons (Fsp3) is 0.455. The summed E-state index contributed by atoms with van der Waals surface area (Å²) in [4.78, 5) is 1.18. The van der Waals surface area contributed by atoms with E-state index in [2.05, 4.69) is 0 Å². The van der Waals surface area contributed by atoms with Gasteiger partial charge in [0.2, 0.25) is 0 Å². The Morgan fingerprint density at radius 1 is 1.36 bits per heavy atom. The molecule has 0 spiro atoms. The third-order valence-corrected chi connectivity index (χ3v) is 2.86. The van der Waals surface area contributed by atoms with Crippen molar-refractivity contribution < 1.29 is 9.84 Å². The summed E-state index contributed by atoms with van der Waals surface area (Å²) in [5.41, 5.74) is 0. The lowest BCUT2D eigenvalue weighted by Crippen LogP contribution is -2.17. The second-order valence-electron chi connectivity index (χ2n) is 2.94. The normalized spacial score (nSPS) is 12.7. The predicted molar refractivity (Wildman–Crippen MR) is 59.7 cm³/mol. The fourth-order valence-electron chi connectivity index (χ4n) is 1.01. The van der Waals surface area contributed by atoms with E-state index in [1.54, 1.807) is 11.8 Å². The lowest BCUT2D eigenvalue weighted by atomic mass is 10.4. The zero-order chi connectivity index (χ0) is 10.2. The van der Waals surface area contributed by atoms with Gasteiger partial charge in [0, 0.05) is 17.3 Å². The Morgan fingerprint density at radius 2 is 2.07 bits per heavy atom. The van der Waals surface area contributed by atoms with Crippen LogP contribution in [0.25, 0.3) is 0 Å². The van der Waals surface area contributed by atoms with Crippen molar-refractivity contribution in [2.45, 2.75) is 17.9 Å². The molecule has 1 atom stereocenters. The van der Waals surface area contributed by atoms with Crippen molar-refractivity contribution in [3.8, 4) is 0 Å². The maximum absolute atomic E-state index is 9.50. The van der Waals surface area contributed by atoms with E-state index in [1.165, 1.54) is 4.90 Å². The van der Waals surface area contributed by atoms with Crippen LogP contribution in [0.3, 0.4) is 0 Å². The summed E-state index contributed by atoms with van der Waals surface area (Å²) in [5.74, 6) is 0.685. The molecule has 3 heteroatoms. The first-order valence-electron chi connectivity index (χ1n) is 4.76. The first-order chi connectivity index (χ1) is 6.83. The van der Waals surface area contributed by atoms with Crippen LogP contribution in [-0.4, -0.2) is 30.2 Å². The van der Waals surface area contributed by atoms with Crippen LogP contribution in [0.2, 0.25) is 0 Å². The zero-order valence-corrected chi connectivity index (χ0v) is 9.17. The molecule has 0 unspecified atom stereocenters. The number of benzene rings is 1. The van der Waals surface area contributed by atoms with Gasteiger partial charge in [-0.15, -0.1) is 11.8 Å². The van der Waals surface area contributed by atoms with Gasteiger partial charge in [0.05, 0.1) is 12.7 Å². The molecule has 1 aromatic rings. The lowest BCUT2D eigenvalue weighted by Gasteiger charge is -2.09. The molecule has 2 nitrogen and oxygen atoms in total. The summed E-state index contributed by atoms with van der Waals surface area (Å²) >= 11 is 1.65. The maximum atomic E-state index is 9.50. The van der Waals surface area contributed by atoms with Crippen molar-refractivity contribution in [2.24, 2.45) is 0 Å². The molecule has 0 saturated carbocycles. The van der Waals surface area contributed by atoms with E-state index in [1.807, 2.05) is 37.3 Å². The minimum Gasteiger partial charge on any atom is -0.390 e. The minimum atomic E-state index is -0.375. The SMILES string of the molecule is CCOC[C@@H](O)CSc1ccccc1. The highest BCUT2D eigenvalue weighted by Gasteiger charge is 2.04. The Morgan fingerprint density at radius 3 is 2.71 bits per heavy atom. The lowest BCUT2D eigenvalue weighted by molar-refractivity contribution is 0.0551. The van der Waals surface area contributed by atoms with Crippen LogP contribution >= 0.6 is 11.8 Å². The number of hydrogen-bond acceptors (Lipinski definition) is 3. The molecule has 1 N–H and O–H groups in total. The number of aliphatic hydroxyl groups excluding tert-OH is 1. The molecular formula is C11H16O2S. The van der Waals surface area contributed by atoms with Gasteiger partial charge in [0.15, 0.2) is 0 Å². The zero-order valence-electron chi connectivity index (χ0n) is 8.35. The second kappa shape index (κ2) is 6.87. The molecule has 0 aliphatic rings. The van der Waals surface area contributed by atoms with Gasteiger partial charge in [0.1, 0.15) is 0 Å². The molecule has 0 aliphatic carbocycles. The maximum Gasteiger partial charge on any atom is 0.0867 e. The van der Waals surface area contributed by atoms with E-state index in [0.29, 0.717) is 19.0 Å². The number of hydrogen-bond donors (Lipinski definition) is 1. The molecule has 1 aromatic carbocycles. The van der Waals surface area contributed by atoms with Crippen LogP contribution in [0.15, 0.2) is 35.2 Å². The Hall–Kier alpha value is -0.510. The quantitative estimate of drug-likeness (QED) is 0.733. The van der Waals surface area contributed by atoms with E-state index in [-0.39, 0.29) is 6.10 Å². The van der Waals surface area contributed by atoms with Crippen molar-refractivity contribution in [1.29, 1.82) is 0 Å². The predicted octanol–water partition coefficient (Wildman–Crippen LogP) is 2.18. The van der Waals surface area contributed by atoms with Gasteiger partial charge < -0.3 is 9.84 Å². The first-order valence-corrected chi connectivity index (χ1v) is 5.75. The van der Waals surface area contributed by atoms with Crippen molar-refractivity contribution >= 4 is 11.8 Å². The molecule has 0 aliphatic heterocycles. The summed E-state index contributed by atoms with van der Waals surface area (Å²) in [5, 5.41) is 9.50. The van der Waals surface area contributed by atoms with Crippen molar-refractivity contribution in [2.75, 3.05) is 19.0 Å². The molecule has 0 bridgehead atoms.